The van der Waals surface area contributed by atoms with Gasteiger partial charge < -0.3 is 24.8 Å². The van der Waals surface area contributed by atoms with Crippen LogP contribution in [0, 0.1) is 5.92 Å². The number of carbonyl (C=O) groups excluding carboxylic acids is 2. The number of rotatable bonds is 7. The number of aromatic amines is 1. The van der Waals surface area contributed by atoms with E-state index in [1.165, 1.54) is 0 Å². The maximum atomic E-state index is 13.2. The van der Waals surface area contributed by atoms with Crippen LogP contribution in [-0.2, 0) is 15.0 Å². The number of carbonyl (C=O) groups is 2. The summed E-state index contributed by atoms with van der Waals surface area (Å²) in [5.41, 5.74) is 4.49. The van der Waals surface area contributed by atoms with Gasteiger partial charge in [0, 0.05) is 43.2 Å². The molecule has 4 heterocycles. The van der Waals surface area contributed by atoms with Crippen LogP contribution < -0.4 is 15.0 Å². The number of ether oxygens (including phenoxy) is 1. The van der Waals surface area contributed by atoms with Crippen molar-refractivity contribution in [2.75, 3.05) is 38.6 Å². The van der Waals surface area contributed by atoms with E-state index in [2.05, 4.69) is 26.3 Å². The summed E-state index contributed by atoms with van der Waals surface area (Å²) in [5, 5.41) is 2.86. The second kappa shape index (κ2) is 8.64. The van der Waals surface area contributed by atoms with Gasteiger partial charge in [0.25, 0.3) is 0 Å². The second-order valence-electron chi connectivity index (χ2n) is 10.3. The highest BCUT2D eigenvalue weighted by Crippen LogP contribution is 2.43. The van der Waals surface area contributed by atoms with E-state index in [-0.39, 0.29) is 23.8 Å². The summed E-state index contributed by atoms with van der Waals surface area (Å²) in [5.74, 6) is 0.681. The highest BCUT2D eigenvalue weighted by atomic mass is 16.5. The van der Waals surface area contributed by atoms with Gasteiger partial charge in [-0.05, 0) is 52.6 Å². The molecule has 0 unspecified atom stereocenters. The van der Waals surface area contributed by atoms with E-state index in [0.29, 0.717) is 30.9 Å². The molecule has 5 rings (SSSR count). The maximum Gasteiger partial charge on any atom is 0.243 e. The molecule has 0 radical (unpaired) electrons. The Hall–Kier alpha value is -3.46. The number of benzene rings is 1. The molecule has 35 heavy (non-hydrogen) atoms. The van der Waals surface area contributed by atoms with Crippen molar-refractivity contribution >= 4 is 28.5 Å². The molecule has 0 aliphatic carbocycles. The molecule has 3 aromatic rings. The minimum atomic E-state index is -0.572. The molecule has 2 amide bonds. The van der Waals surface area contributed by atoms with Crippen LogP contribution in [0.25, 0.3) is 22.3 Å². The molecule has 1 fully saturated rings. The van der Waals surface area contributed by atoms with Gasteiger partial charge in [0.05, 0.1) is 23.0 Å². The number of nitrogens with one attached hydrogen (secondary N) is 2. The number of pyridine rings is 1. The zero-order chi connectivity index (χ0) is 24.9. The van der Waals surface area contributed by atoms with Crippen LogP contribution in [-0.4, -0.2) is 71.5 Å². The fourth-order valence-electron chi connectivity index (χ4n) is 4.90. The van der Waals surface area contributed by atoms with Crippen LogP contribution >= 0.6 is 0 Å². The van der Waals surface area contributed by atoms with Crippen LogP contribution in [0.2, 0.25) is 0 Å². The number of likely N-dealkylation sites (N-methyl/N-ethyl adjacent to an activating group) is 1. The Bertz CT molecular complexity index is 1300. The number of hydrogen-bond acceptors (Lipinski definition) is 6. The van der Waals surface area contributed by atoms with Crippen molar-refractivity contribution in [3.63, 3.8) is 0 Å². The number of hydrogen-bond donors (Lipinski definition) is 2. The Morgan fingerprint density at radius 2 is 2.06 bits per heavy atom. The average Bonchev–Trinajstić information content (AvgIpc) is 3.51. The lowest BCUT2D eigenvalue weighted by Crippen LogP contribution is -2.39. The first-order valence-corrected chi connectivity index (χ1v) is 12.0. The van der Waals surface area contributed by atoms with E-state index >= 15 is 0 Å². The molecule has 1 saturated heterocycles. The fraction of sp³-hybridized carbons (Fsp3) is 0.462. The monoisotopic (exact) mass is 476 g/mol. The molecule has 2 aliphatic heterocycles. The van der Waals surface area contributed by atoms with Crippen molar-refractivity contribution in [1.82, 2.24) is 25.2 Å². The zero-order valence-electron chi connectivity index (χ0n) is 20.9. The molecular weight excluding hydrogens is 444 g/mol. The highest BCUT2D eigenvalue weighted by Gasteiger charge is 2.43. The first-order valence-electron chi connectivity index (χ1n) is 12.0. The number of nitrogens with zero attached hydrogens (tertiary/aromatic N) is 4. The van der Waals surface area contributed by atoms with E-state index in [9.17, 15) is 9.59 Å². The molecule has 184 valence electrons. The van der Waals surface area contributed by atoms with Crippen molar-refractivity contribution in [3.8, 4) is 17.1 Å². The normalized spacial score (nSPS) is 19.9. The molecule has 0 spiro atoms. The van der Waals surface area contributed by atoms with Gasteiger partial charge in [-0.1, -0.05) is 12.1 Å². The first-order chi connectivity index (χ1) is 16.6. The molecule has 2 aromatic heterocycles. The molecule has 2 aliphatic rings. The third-order valence-corrected chi connectivity index (χ3v) is 7.15. The number of fused-ring (bicyclic) bond motifs is 2. The van der Waals surface area contributed by atoms with Gasteiger partial charge in [0.15, 0.2) is 5.52 Å². The van der Waals surface area contributed by atoms with Gasteiger partial charge in [0.2, 0.25) is 17.7 Å². The Morgan fingerprint density at radius 1 is 1.26 bits per heavy atom. The predicted molar refractivity (Wildman–Crippen MR) is 134 cm³/mol. The zero-order valence-corrected chi connectivity index (χ0v) is 20.9. The van der Waals surface area contributed by atoms with Crippen molar-refractivity contribution < 1.29 is 14.3 Å². The molecule has 9 nitrogen and oxygen atoms in total. The lowest BCUT2D eigenvalue weighted by atomic mass is 9.85. The van der Waals surface area contributed by atoms with E-state index in [4.69, 9.17) is 9.72 Å². The number of aromatic nitrogens is 3. The van der Waals surface area contributed by atoms with Crippen LogP contribution in [0.15, 0.2) is 30.6 Å². The molecule has 0 bridgehead atoms. The van der Waals surface area contributed by atoms with E-state index < -0.39 is 5.41 Å². The largest absolute Gasteiger partial charge is 0.473 e. The Labute approximate surface area is 204 Å². The quantitative estimate of drug-likeness (QED) is 0.544. The topological polar surface area (TPSA) is 103 Å². The van der Waals surface area contributed by atoms with Crippen LogP contribution in [0.3, 0.4) is 0 Å². The summed E-state index contributed by atoms with van der Waals surface area (Å²) in [4.78, 5) is 41.3. The predicted octanol–water partition coefficient (Wildman–Crippen LogP) is 2.71. The van der Waals surface area contributed by atoms with Crippen molar-refractivity contribution in [2.45, 2.75) is 38.7 Å². The molecule has 9 heteroatoms. The minimum Gasteiger partial charge on any atom is -0.473 e. The second-order valence-corrected chi connectivity index (χ2v) is 10.3. The minimum absolute atomic E-state index is 0.0477. The van der Waals surface area contributed by atoms with Gasteiger partial charge in [-0.3, -0.25) is 9.59 Å². The lowest BCUT2D eigenvalue weighted by molar-refractivity contribution is -0.122. The van der Waals surface area contributed by atoms with E-state index in [1.54, 1.807) is 6.33 Å². The Morgan fingerprint density at radius 3 is 2.77 bits per heavy atom. The van der Waals surface area contributed by atoms with Gasteiger partial charge >= 0.3 is 0 Å². The summed E-state index contributed by atoms with van der Waals surface area (Å²) in [6, 6.07) is 8.06. The van der Waals surface area contributed by atoms with Crippen molar-refractivity contribution in [3.05, 3.63) is 36.2 Å². The van der Waals surface area contributed by atoms with Crippen molar-refractivity contribution in [2.24, 2.45) is 5.92 Å². The smallest absolute Gasteiger partial charge is 0.243 e. The van der Waals surface area contributed by atoms with Gasteiger partial charge in [-0.2, -0.15) is 0 Å². The molecule has 2 N–H and O–H groups in total. The number of imidazole rings is 1. The van der Waals surface area contributed by atoms with E-state index in [0.717, 1.165) is 34.6 Å². The van der Waals surface area contributed by atoms with Gasteiger partial charge in [-0.15, -0.1) is 0 Å². The SMILES string of the molecule is C[C@@H](Oc1nc(-c2ccc3c(c2)N(CCN(C)C)C(=O)C3(C)C)cc2[nH]cnc12)[C@H]1CNC(=O)C1. The lowest BCUT2D eigenvalue weighted by Gasteiger charge is -2.22. The Balaban J connectivity index is 1.51. The van der Waals surface area contributed by atoms with Gasteiger partial charge in [-0.25, -0.2) is 9.97 Å². The summed E-state index contributed by atoms with van der Waals surface area (Å²) >= 11 is 0. The van der Waals surface area contributed by atoms with Crippen LogP contribution in [0.5, 0.6) is 5.88 Å². The number of anilines is 1. The van der Waals surface area contributed by atoms with Gasteiger partial charge in [0.1, 0.15) is 6.10 Å². The number of H-pyrrole nitrogens is 1. The first kappa shape index (κ1) is 23.3. The molecular formula is C26H32N6O3. The third-order valence-electron chi connectivity index (χ3n) is 7.15. The molecule has 2 atom stereocenters. The maximum absolute atomic E-state index is 13.2. The average molecular weight is 477 g/mol. The molecule has 1 aromatic carbocycles. The third kappa shape index (κ3) is 4.14. The van der Waals surface area contributed by atoms with Crippen LogP contribution in [0.1, 0.15) is 32.8 Å². The highest BCUT2D eigenvalue weighted by molar-refractivity contribution is 6.08. The number of amides is 2. The van der Waals surface area contributed by atoms with E-state index in [1.807, 2.05) is 58.0 Å². The fourth-order valence-corrected chi connectivity index (χ4v) is 4.90. The Kier molecular flexibility index (Phi) is 5.75. The van der Waals surface area contributed by atoms with Crippen molar-refractivity contribution in [1.29, 1.82) is 0 Å². The molecule has 0 saturated carbocycles. The summed E-state index contributed by atoms with van der Waals surface area (Å²) in [7, 11) is 4.01. The summed E-state index contributed by atoms with van der Waals surface area (Å²) in [6.07, 6.45) is 1.87. The summed E-state index contributed by atoms with van der Waals surface area (Å²) in [6.45, 7) is 7.92. The van der Waals surface area contributed by atoms with Crippen LogP contribution in [0.4, 0.5) is 5.69 Å². The summed E-state index contributed by atoms with van der Waals surface area (Å²) < 4.78 is 6.25. The standard InChI is InChI=1S/C26H32N6O3/c1-15(17-11-22(33)27-13-17)35-24-23-20(28-14-29-23)12-19(30-24)16-6-7-18-21(10-16)32(9-8-31(4)5)25(34)26(18,2)3/h6-7,10,12,14-15,17H,8-9,11,13H2,1-5H3,(H,27,33)(H,28,29)/t15-,17-/m1/s1.